The van der Waals surface area contributed by atoms with E-state index in [-0.39, 0.29) is 18.9 Å². The van der Waals surface area contributed by atoms with Gasteiger partial charge in [0.15, 0.2) is 5.75 Å². The molecule has 108 valence electrons. The molecule has 1 aromatic rings. The van der Waals surface area contributed by atoms with Gasteiger partial charge in [-0.3, -0.25) is 4.79 Å². The van der Waals surface area contributed by atoms with Gasteiger partial charge in [-0.1, -0.05) is 34.8 Å². The highest BCUT2D eigenvalue weighted by atomic mass is 35.5. The Morgan fingerprint density at radius 2 is 1.95 bits per heavy atom. The van der Waals surface area contributed by atoms with Crippen LogP contribution in [0.25, 0.3) is 0 Å². The summed E-state index contributed by atoms with van der Waals surface area (Å²) in [5, 5.41) is 9.47. The van der Waals surface area contributed by atoms with Gasteiger partial charge in [-0.05, 0) is 12.1 Å². The van der Waals surface area contributed by atoms with Gasteiger partial charge < -0.3 is 9.64 Å². The zero-order valence-corrected chi connectivity index (χ0v) is 13.1. The van der Waals surface area contributed by atoms with Gasteiger partial charge in [-0.25, -0.2) is 0 Å². The average Bonchev–Trinajstić information content (AvgIpc) is 2.38. The normalized spacial score (nSPS) is 9.95. The lowest BCUT2D eigenvalue weighted by molar-refractivity contribution is -0.130. The smallest absolute Gasteiger partial charge is 0.225 e. The summed E-state index contributed by atoms with van der Waals surface area (Å²) < 4.78 is 5.41. The van der Waals surface area contributed by atoms with Crippen LogP contribution in [0.3, 0.4) is 0 Å². The second kappa shape index (κ2) is 8.21. The van der Waals surface area contributed by atoms with Crippen molar-refractivity contribution in [3.8, 4) is 11.8 Å². The number of ether oxygens (including phenoxy) is 1. The maximum absolute atomic E-state index is 11.7. The molecule has 7 heteroatoms. The molecular weight excluding hydrogens is 323 g/mol. The molecule has 0 saturated heterocycles. The van der Waals surface area contributed by atoms with Crippen LogP contribution in [0, 0.1) is 11.3 Å². The first-order chi connectivity index (χ1) is 9.45. The Morgan fingerprint density at radius 1 is 1.35 bits per heavy atom. The average molecular weight is 336 g/mol. The van der Waals surface area contributed by atoms with Crippen LogP contribution in [0.5, 0.6) is 5.75 Å². The van der Waals surface area contributed by atoms with Gasteiger partial charge >= 0.3 is 0 Å². The first kappa shape index (κ1) is 16.9. The first-order valence-electron chi connectivity index (χ1n) is 5.84. The molecule has 1 rings (SSSR count). The second-order valence-electron chi connectivity index (χ2n) is 4.02. The Balaban J connectivity index is 2.49. The van der Waals surface area contributed by atoms with E-state index in [0.29, 0.717) is 33.8 Å². The summed E-state index contributed by atoms with van der Waals surface area (Å²) >= 11 is 17.7. The molecule has 4 nitrogen and oxygen atoms in total. The van der Waals surface area contributed by atoms with E-state index in [2.05, 4.69) is 0 Å². The minimum atomic E-state index is -0.110. The van der Waals surface area contributed by atoms with Crippen LogP contribution in [0.1, 0.15) is 12.8 Å². The van der Waals surface area contributed by atoms with Crippen LogP contribution < -0.4 is 4.74 Å². The summed E-state index contributed by atoms with van der Waals surface area (Å²) in [5.74, 6) is 0.201. The summed E-state index contributed by atoms with van der Waals surface area (Å²) in [4.78, 5) is 13.2. The lowest BCUT2D eigenvalue weighted by Gasteiger charge is -2.16. The molecule has 0 aliphatic heterocycles. The Labute approximate surface area is 132 Å². The van der Waals surface area contributed by atoms with Crippen LogP contribution in [0.4, 0.5) is 0 Å². The van der Waals surface area contributed by atoms with Gasteiger partial charge in [0, 0.05) is 18.6 Å². The Morgan fingerprint density at radius 3 is 2.50 bits per heavy atom. The molecule has 0 bridgehead atoms. The van der Waals surface area contributed by atoms with Crippen LogP contribution in [-0.2, 0) is 4.79 Å². The number of nitrogens with zero attached hydrogens (tertiary/aromatic N) is 2. The second-order valence-corrected chi connectivity index (χ2v) is 5.27. The molecule has 1 aromatic carbocycles. The van der Waals surface area contributed by atoms with E-state index >= 15 is 0 Å². The SMILES string of the molecule is CN(CCC#N)C(=O)CCOc1c(Cl)cc(Cl)cc1Cl. The Kier molecular flexibility index (Phi) is 6.94. The highest BCUT2D eigenvalue weighted by Crippen LogP contribution is 2.35. The minimum Gasteiger partial charge on any atom is -0.490 e. The van der Waals surface area contributed by atoms with Crippen molar-refractivity contribution in [1.29, 1.82) is 5.26 Å². The third kappa shape index (κ3) is 5.09. The van der Waals surface area contributed by atoms with Crippen LogP contribution in [0.15, 0.2) is 12.1 Å². The summed E-state index contributed by atoms with van der Waals surface area (Å²) in [6.07, 6.45) is 0.481. The van der Waals surface area contributed by atoms with Gasteiger partial charge in [0.05, 0.1) is 35.6 Å². The van der Waals surface area contributed by atoms with Gasteiger partial charge in [0.2, 0.25) is 5.91 Å². The number of amides is 1. The molecule has 0 fully saturated rings. The van der Waals surface area contributed by atoms with Crippen molar-refractivity contribution in [2.45, 2.75) is 12.8 Å². The number of nitriles is 1. The molecular formula is C13H13Cl3N2O2. The van der Waals surface area contributed by atoms with E-state index in [4.69, 9.17) is 44.8 Å². The Hall–Kier alpha value is -1.15. The van der Waals surface area contributed by atoms with E-state index in [1.165, 1.54) is 17.0 Å². The summed E-state index contributed by atoms with van der Waals surface area (Å²) in [5.41, 5.74) is 0. The van der Waals surface area contributed by atoms with Gasteiger partial charge in [0.1, 0.15) is 0 Å². The maximum Gasteiger partial charge on any atom is 0.225 e. The monoisotopic (exact) mass is 334 g/mol. The van der Waals surface area contributed by atoms with Gasteiger partial charge in [-0.15, -0.1) is 0 Å². The number of carbonyl (C=O) groups excluding carboxylic acids is 1. The minimum absolute atomic E-state index is 0.110. The topological polar surface area (TPSA) is 53.3 Å². The van der Waals surface area contributed by atoms with Crippen molar-refractivity contribution in [2.24, 2.45) is 0 Å². The number of hydrogen-bond acceptors (Lipinski definition) is 3. The fourth-order valence-electron chi connectivity index (χ4n) is 1.44. The highest BCUT2D eigenvalue weighted by Gasteiger charge is 2.12. The maximum atomic E-state index is 11.7. The molecule has 0 aliphatic rings. The van der Waals surface area contributed by atoms with E-state index in [1.54, 1.807) is 7.05 Å². The Bertz CT molecular complexity index is 506. The van der Waals surface area contributed by atoms with Crippen LogP contribution in [0.2, 0.25) is 15.1 Å². The van der Waals surface area contributed by atoms with Crippen molar-refractivity contribution in [3.63, 3.8) is 0 Å². The van der Waals surface area contributed by atoms with E-state index < -0.39 is 0 Å². The number of rotatable bonds is 6. The summed E-state index contributed by atoms with van der Waals surface area (Å²) in [6.45, 7) is 0.550. The predicted molar refractivity (Wildman–Crippen MR) is 79.5 cm³/mol. The number of halogens is 3. The molecule has 0 unspecified atom stereocenters. The lowest BCUT2D eigenvalue weighted by Crippen LogP contribution is -2.28. The third-order valence-corrected chi connectivity index (χ3v) is 3.29. The third-order valence-electron chi connectivity index (χ3n) is 2.51. The van der Waals surface area contributed by atoms with Crippen molar-refractivity contribution in [2.75, 3.05) is 20.2 Å². The summed E-state index contributed by atoms with van der Waals surface area (Å²) in [7, 11) is 1.64. The molecule has 0 N–H and O–H groups in total. The molecule has 0 aromatic heterocycles. The van der Waals surface area contributed by atoms with Gasteiger partial charge in [-0.2, -0.15) is 5.26 Å². The zero-order chi connectivity index (χ0) is 15.1. The predicted octanol–water partition coefficient (Wildman–Crippen LogP) is 3.79. The summed E-state index contributed by atoms with van der Waals surface area (Å²) in [6, 6.07) is 5.02. The van der Waals surface area contributed by atoms with Crippen molar-refractivity contribution < 1.29 is 9.53 Å². The quantitative estimate of drug-likeness (QED) is 0.795. The molecule has 1 amide bonds. The molecule has 0 radical (unpaired) electrons. The standard InChI is InChI=1S/C13H13Cl3N2O2/c1-18(5-2-4-17)12(19)3-6-20-13-10(15)7-9(14)8-11(13)16/h7-8H,2-3,5-6H2,1H3. The molecule has 0 saturated carbocycles. The highest BCUT2D eigenvalue weighted by molar-refractivity contribution is 6.40. The number of hydrogen-bond donors (Lipinski definition) is 0. The molecule has 20 heavy (non-hydrogen) atoms. The van der Waals surface area contributed by atoms with Crippen molar-refractivity contribution >= 4 is 40.7 Å². The van der Waals surface area contributed by atoms with Gasteiger partial charge in [0.25, 0.3) is 0 Å². The first-order valence-corrected chi connectivity index (χ1v) is 6.97. The molecule has 0 atom stereocenters. The molecule has 0 aliphatic carbocycles. The fourth-order valence-corrected chi connectivity index (χ4v) is 2.37. The molecule has 0 spiro atoms. The van der Waals surface area contributed by atoms with E-state index in [9.17, 15) is 4.79 Å². The van der Waals surface area contributed by atoms with Crippen molar-refractivity contribution in [3.05, 3.63) is 27.2 Å². The number of benzene rings is 1. The van der Waals surface area contributed by atoms with Crippen molar-refractivity contribution in [1.82, 2.24) is 4.90 Å². The largest absolute Gasteiger partial charge is 0.490 e. The zero-order valence-electron chi connectivity index (χ0n) is 10.8. The van der Waals surface area contributed by atoms with Crippen LogP contribution in [-0.4, -0.2) is 31.0 Å². The van der Waals surface area contributed by atoms with E-state index in [0.717, 1.165) is 0 Å². The number of carbonyl (C=O) groups is 1. The van der Waals surface area contributed by atoms with E-state index in [1.807, 2.05) is 6.07 Å². The molecule has 0 heterocycles. The van der Waals surface area contributed by atoms with Crippen LogP contribution >= 0.6 is 34.8 Å². The fraction of sp³-hybridized carbons (Fsp3) is 0.385. The lowest BCUT2D eigenvalue weighted by atomic mass is 10.3.